The molecule has 0 spiro atoms. The Morgan fingerprint density at radius 1 is 1.44 bits per heavy atom. The van der Waals surface area contributed by atoms with Crippen LogP contribution in [0.2, 0.25) is 5.02 Å². The highest BCUT2D eigenvalue weighted by molar-refractivity contribution is 6.33. The third kappa shape index (κ3) is 3.33. The molecule has 2 rings (SSSR count). The van der Waals surface area contributed by atoms with Crippen molar-refractivity contribution >= 4 is 17.3 Å². The van der Waals surface area contributed by atoms with E-state index in [4.69, 9.17) is 11.6 Å². The average Bonchev–Trinajstić information content (AvgIpc) is 2.27. The molecule has 1 unspecified atom stereocenters. The average molecular weight is 275 g/mol. The second kappa shape index (κ2) is 5.85. The van der Waals surface area contributed by atoms with Crippen LogP contribution in [0, 0.1) is 17.6 Å². The van der Waals surface area contributed by atoms with Gasteiger partial charge >= 0.3 is 0 Å². The van der Waals surface area contributed by atoms with Gasteiger partial charge in [0.1, 0.15) is 5.82 Å². The van der Waals surface area contributed by atoms with E-state index in [1.54, 1.807) is 0 Å². The van der Waals surface area contributed by atoms with Crippen LogP contribution in [-0.2, 0) is 0 Å². The summed E-state index contributed by atoms with van der Waals surface area (Å²) in [6.45, 7) is 2.77. The molecule has 0 aromatic heterocycles. The van der Waals surface area contributed by atoms with Crippen molar-refractivity contribution in [3.63, 3.8) is 0 Å². The molecule has 0 saturated carbocycles. The summed E-state index contributed by atoms with van der Waals surface area (Å²) in [6.07, 6.45) is 2.28. The smallest absolute Gasteiger partial charge is 0.150 e. The van der Waals surface area contributed by atoms with Gasteiger partial charge in [-0.15, -0.1) is 0 Å². The van der Waals surface area contributed by atoms with Gasteiger partial charge in [0.2, 0.25) is 0 Å². The summed E-state index contributed by atoms with van der Waals surface area (Å²) in [5, 5.41) is 3.09. The van der Waals surface area contributed by atoms with E-state index >= 15 is 0 Å². The van der Waals surface area contributed by atoms with Crippen molar-refractivity contribution in [3.05, 3.63) is 28.8 Å². The highest BCUT2D eigenvalue weighted by Gasteiger charge is 2.18. The minimum Gasteiger partial charge on any atom is -0.381 e. The number of hydrogen-bond donors (Lipinski definition) is 1. The van der Waals surface area contributed by atoms with Gasteiger partial charge in [-0.2, -0.15) is 0 Å². The maximum absolute atomic E-state index is 13.5. The van der Waals surface area contributed by atoms with Crippen LogP contribution in [0.15, 0.2) is 12.1 Å². The van der Waals surface area contributed by atoms with E-state index in [1.165, 1.54) is 0 Å². The Morgan fingerprint density at radius 2 is 2.22 bits per heavy atom. The van der Waals surface area contributed by atoms with Crippen molar-refractivity contribution in [1.82, 2.24) is 4.90 Å². The third-order valence-electron chi connectivity index (χ3n) is 3.30. The first-order chi connectivity index (χ1) is 8.56. The molecule has 1 saturated heterocycles. The van der Waals surface area contributed by atoms with Crippen LogP contribution < -0.4 is 5.32 Å². The van der Waals surface area contributed by atoms with Crippen LogP contribution in [0.25, 0.3) is 0 Å². The molecule has 1 aliphatic heterocycles. The number of rotatable bonds is 3. The SMILES string of the molecule is CN1CCCC(CNc2c(F)cc(F)cc2Cl)C1. The number of nitrogens with one attached hydrogen (secondary N) is 1. The van der Waals surface area contributed by atoms with Gasteiger partial charge in [0.25, 0.3) is 0 Å². The molecule has 1 aliphatic rings. The minimum absolute atomic E-state index is 0.0941. The fourth-order valence-corrected chi connectivity index (χ4v) is 2.66. The van der Waals surface area contributed by atoms with Crippen molar-refractivity contribution in [1.29, 1.82) is 0 Å². The Bertz CT molecular complexity index is 402. The second-order valence-electron chi connectivity index (χ2n) is 4.90. The molecule has 0 amide bonds. The lowest BCUT2D eigenvalue weighted by Crippen LogP contribution is -2.35. The first kappa shape index (κ1) is 13.6. The summed E-state index contributed by atoms with van der Waals surface area (Å²) in [5.74, 6) is -0.811. The van der Waals surface area contributed by atoms with Gasteiger partial charge < -0.3 is 10.2 Å². The third-order valence-corrected chi connectivity index (χ3v) is 3.59. The Morgan fingerprint density at radius 3 is 2.89 bits per heavy atom. The fraction of sp³-hybridized carbons (Fsp3) is 0.538. The molecular weight excluding hydrogens is 258 g/mol. The largest absolute Gasteiger partial charge is 0.381 e. The summed E-state index contributed by atoms with van der Waals surface area (Å²) in [7, 11) is 2.08. The normalized spacial score (nSPS) is 21.0. The number of halogens is 3. The summed E-state index contributed by atoms with van der Waals surface area (Å²) in [5.41, 5.74) is 0.200. The van der Waals surface area contributed by atoms with E-state index in [1.807, 2.05) is 0 Å². The quantitative estimate of drug-likeness (QED) is 0.909. The molecule has 1 fully saturated rings. The minimum atomic E-state index is -0.652. The molecule has 1 aromatic rings. The van der Waals surface area contributed by atoms with Gasteiger partial charge in [-0.25, -0.2) is 8.78 Å². The first-order valence-electron chi connectivity index (χ1n) is 6.13. The zero-order chi connectivity index (χ0) is 13.1. The Hall–Kier alpha value is -0.870. The van der Waals surface area contributed by atoms with Gasteiger partial charge in [0.05, 0.1) is 10.7 Å². The predicted molar refractivity (Wildman–Crippen MR) is 70.1 cm³/mol. The van der Waals surface area contributed by atoms with Crippen molar-refractivity contribution < 1.29 is 8.78 Å². The monoisotopic (exact) mass is 274 g/mol. The highest BCUT2D eigenvalue weighted by atomic mass is 35.5. The molecule has 1 aromatic carbocycles. The molecule has 1 heterocycles. The summed E-state index contributed by atoms with van der Waals surface area (Å²) < 4.78 is 26.4. The lowest BCUT2D eigenvalue weighted by Gasteiger charge is -2.30. The summed E-state index contributed by atoms with van der Waals surface area (Å²) in [6, 6.07) is 1.97. The number of benzene rings is 1. The summed E-state index contributed by atoms with van der Waals surface area (Å²) in [4.78, 5) is 2.26. The lowest BCUT2D eigenvalue weighted by atomic mass is 9.98. The summed E-state index contributed by atoms with van der Waals surface area (Å²) >= 11 is 5.83. The van der Waals surface area contributed by atoms with Gasteiger partial charge in [0, 0.05) is 19.2 Å². The molecule has 1 N–H and O–H groups in total. The van der Waals surface area contributed by atoms with Gasteiger partial charge in [0.15, 0.2) is 5.82 Å². The highest BCUT2D eigenvalue weighted by Crippen LogP contribution is 2.27. The van der Waals surface area contributed by atoms with E-state index in [2.05, 4.69) is 17.3 Å². The molecule has 100 valence electrons. The van der Waals surface area contributed by atoms with Crippen molar-refractivity contribution in [2.75, 3.05) is 32.0 Å². The molecule has 18 heavy (non-hydrogen) atoms. The first-order valence-corrected chi connectivity index (χ1v) is 6.51. The van der Waals surface area contributed by atoms with Crippen molar-refractivity contribution in [2.45, 2.75) is 12.8 Å². The van der Waals surface area contributed by atoms with Crippen LogP contribution >= 0.6 is 11.6 Å². The number of anilines is 1. The van der Waals surface area contributed by atoms with E-state index in [0.717, 1.165) is 38.1 Å². The topological polar surface area (TPSA) is 15.3 Å². The lowest BCUT2D eigenvalue weighted by molar-refractivity contribution is 0.217. The van der Waals surface area contributed by atoms with Crippen LogP contribution in [-0.4, -0.2) is 31.6 Å². The number of nitrogens with zero attached hydrogens (tertiary/aromatic N) is 1. The Kier molecular flexibility index (Phi) is 4.40. The fourth-order valence-electron chi connectivity index (χ4n) is 2.40. The Balaban J connectivity index is 1.97. The standard InChI is InChI=1S/C13H17ClF2N2/c1-18-4-2-3-9(8-18)7-17-13-11(14)5-10(15)6-12(13)16/h5-6,9,17H,2-4,7-8H2,1H3. The molecule has 0 radical (unpaired) electrons. The Labute approximate surface area is 111 Å². The zero-order valence-electron chi connectivity index (χ0n) is 10.3. The van der Waals surface area contributed by atoms with Crippen molar-refractivity contribution in [2.24, 2.45) is 5.92 Å². The predicted octanol–water partition coefficient (Wildman–Crippen LogP) is 3.37. The number of likely N-dealkylation sites (tertiary alicyclic amines) is 1. The molecule has 2 nitrogen and oxygen atoms in total. The van der Waals surface area contributed by atoms with Gasteiger partial charge in [-0.05, 0) is 38.4 Å². The molecule has 1 atom stereocenters. The van der Waals surface area contributed by atoms with Gasteiger partial charge in [-0.3, -0.25) is 0 Å². The van der Waals surface area contributed by atoms with E-state index in [9.17, 15) is 8.78 Å². The molecule has 0 bridgehead atoms. The maximum atomic E-state index is 13.5. The van der Waals surface area contributed by atoms with Crippen molar-refractivity contribution in [3.8, 4) is 0 Å². The van der Waals surface area contributed by atoms with Crippen LogP contribution in [0.4, 0.5) is 14.5 Å². The molecule has 0 aliphatic carbocycles. The number of piperidine rings is 1. The maximum Gasteiger partial charge on any atom is 0.150 e. The van der Waals surface area contributed by atoms with Crippen LogP contribution in [0.1, 0.15) is 12.8 Å². The van der Waals surface area contributed by atoms with Crippen LogP contribution in [0.5, 0.6) is 0 Å². The van der Waals surface area contributed by atoms with E-state index < -0.39 is 11.6 Å². The number of hydrogen-bond acceptors (Lipinski definition) is 2. The second-order valence-corrected chi connectivity index (χ2v) is 5.30. The molecular formula is C13H17ClF2N2. The van der Waals surface area contributed by atoms with Gasteiger partial charge in [-0.1, -0.05) is 11.6 Å². The zero-order valence-corrected chi connectivity index (χ0v) is 11.1. The van der Waals surface area contributed by atoms with E-state index in [0.29, 0.717) is 12.5 Å². The molecule has 5 heteroatoms. The van der Waals surface area contributed by atoms with E-state index in [-0.39, 0.29) is 10.7 Å². The van der Waals surface area contributed by atoms with Crippen LogP contribution in [0.3, 0.4) is 0 Å².